The zero-order valence-corrected chi connectivity index (χ0v) is 20.5. The van der Waals surface area contributed by atoms with Gasteiger partial charge in [0.15, 0.2) is 0 Å². The van der Waals surface area contributed by atoms with Crippen LogP contribution in [0.15, 0.2) is 53.6 Å². The zero-order valence-electron chi connectivity index (χ0n) is 19.7. The van der Waals surface area contributed by atoms with Crippen LogP contribution in [0, 0.1) is 13.8 Å². The first kappa shape index (κ1) is 24.0. The number of hydrogen-bond acceptors (Lipinski definition) is 7. The van der Waals surface area contributed by atoms with E-state index in [1.165, 1.54) is 25.1 Å². The lowest BCUT2D eigenvalue weighted by atomic mass is 10.2. The van der Waals surface area contributed by atoms with Crippen molar-refractivity contribution in [3.8, 4) is 11.5 Å². The predicted octanol–water partition coefficient (Wildman–Crippen LogP) is 3.98. The number of nitrogens with one attached hydrogen (secondary N) is 2. The summed E-state index contributed by atoms with van der Waals surface area (Å²) in [6, 6.07) is 12.5. The molecule has 4 aromatic rings. The van der Waals surface area contributed by atoms with E-state index in [0.29, 0.717) is 43.5 Å². The van der Waals surface area contributed by atoms with Crippen molar-refractivity contribution in [1.29, 1.82) is 0 Å². The minimum Gasteiger partial charge on any atom is -0.495 e. The fourth-order valence-electron chi connectivity index (χ4n) is 3.68. The van der Waals surface area contributed by atoms with Crippen LogP contribution in [0.1, 0.15) is 20.8 Å². The monoisotopic (exact) mass is 492 g/mol. The molecule has 0 saturated carbocycles. The fraction of sp³-hybridized carbons (Fsp3) is 0.200. The third kappa shape index (κ3) is 4.87. The van der Waals surface area contributed by atoms with Gasteiger partial charge in [0.2, 0.25) is 5.91 Å². The molecule has 0 fully saturated rings. The van der Waals surface area contributed by atoms with Gasteiger partial charge < -0.3 is 20.1 Å². The van der Waals surface area contributed by atoms with Crippen molar-refractivity contribution in [2.75, 3.05) is 24.9 Å². The number of fused-ring (bicyclic) bond motifs is 1. The van der Waals surface area contributed by atoms with Crippen LogP contribution < -0.4 is 25.7 Å². The SMILES string of the molecule is COc1ccc(C)cc1NC(=O)Cn1cnc2sc(C(=O)Nc3ccccc3OC)c(C)c2c1=O. The van der Waals surface area contributed by atoms with E-state index in [2.05, 4.69) is 15.6 Å². The molecular weight excluding hydrogens is 468 g/mol. The number of ether oxygens (including phenoxy) is 2. The van der Waals surface area contributed by atoms with Gasteiger partial charge in [-0.15, -0.1) is 11.3 Å². The largest absolute Gasteiger partial charge is 0.495 e. The molecule has 2 heterocycles. The number of aromatic nitrogens is 2. The topological polar surface area (TPSA) is 112 Å². The summed E-state index contributed by atoms with van der Waals surface area (Å²) in [5.41, 5.74) is 2.10. The van der Waals surface area contributed by atoms with E-state index >= 15 is 0 Å². The third-order valence-corrected chi connectivity index (χ3v) is 6.62. The van der Waals surface area contributed by atoms with Gasteiger partial charge >= 0.3 is 0 Å². The normalized spacial score (nSPS) is 10.7. The molecule has 0 spiro atoms. The fourth-order valence-corrected chi connectivity index (χ4v) is 4.71. The molecule has 0 aliphatic rings. The lowest BCUT2D eigenvalue weighted by Gasteiger charge is -2.11. The predicted molar refractivity (Wildman–Crippen MR) is 136 cm³/mol. The molecular formula is C25H24N4O5S. The minimum atomic E-state index is -0.404. The number of hydrogen-bond donors (Lipinski definition) is 2. The Kier molecular flexibility index (Phi) is 6.83. The summed E-state index contributed by atoms with van der Waals surface area (Å²) in [6.45, 7) is 3.36. The molecule has 0 aliphatic heterocycles. The Morgan fingerprint density at radius 1 is 1.00 bits per heavy atom. The van der Waals surface area contributed by atoms with Gasteiger partial charge in [-0.1, -0.05) is 18.2 Å². The van der Waals surface area contributed by atoms with Crippen molar-refractivity contribution in [2.45, 2.75) is 20.4 Å². The van der Waals surface area contributed by atoms with Crippen LogP contribution in [0.5, 0.6) is 11.5 Å². The summed E-state index contributed by atoms with van der Waals surface area (Å²) in [6.07, 6.45) is 1.32. The van der Waals surface area contributed by atoms with Crippen LogP contribution in [0.25, 0.3) is 10.2 Å². The van der Waals surface area contributed by atoms with E-state index < -0.39 is 11.5 Å². The number of rotatable bonds is 7. The standard InChI is InChI=1S/C25H24N4O5S/c1-14-9-10-19(34-4)17(11-14)27-20(30)12-29-13-26-24-21(25(29)32)15(2)22(35-24)23(31)28-16-7-5-6-8-18(16)33-3/h5-11,13H,12H2,1-4H3,(H,27,30)(H,28,31). The second kappa shape index (κ2) is 9.98. The number of para-hydroxylation sites is 2. The van der Waals surface area contributed by atoms with Crippen molar-refractivity contribution in [2.24, 2.45) is 0 Å². The highest BCUT2D eigenvalue weighted by Crippen LogP contribution is 2.30. The van der Waals surface area contributed by atoms with Gasteiger partial charge in [0.25, 0.3) is 11.5 Å². The summed E-state index contributed by atoms with van der Waals surface area (Å²) < 4.78 is 11.8. The lowest BCUT2D eigenvalue weighted by Crippen LogP contribution is -2.28. The highest BCUT2D eigenvalue weighted by Gasteiger charge is 2.21. The molecule has 0 unspecified atom stereocenters. The highest BCUT2D eigenvalue weighted by atomic mass is 32.1. The van der Waals surface area contributed by atoms with Gasteiger partial charge in [-0.25, -0.2) is 4.98 Å². The summed E-state index contributed by atoms with van der Waals surface area (Å²) >= 11 is 1.12. The van der Waals surface area contributed by atoms with Gasteiger partial charge in [-0.2, -0.15) is 0 Å². The average Bonchev–Trinajstić information content (AvgIpc) is 3.18. The summed E-state index contributed by atoms with van der Waals surface area (Å²) in [7, 11) is 3.04. The number of benzene rings is 2. The Bertz CT molecular complexity index is 1490. The maximum Gasteiger partial charge on any atom is 0.266 e. The molecule has 2 aromatic heterocycles. The van der Waals surface area contributed by atoms with E-state index in [4.69, 9.17) is 9.47 Å². The first-order valence-corrected chi connectivity index (χ1v) is 11.5. The quantitative estimate of drug-likeness (QED) is 0.404. The second-order valence-corrected chi connectivity index (χ2v) is 8.82. The molecule has 9 nitrogen and oxygen atoms in total. The summed E-state index contributed by atoms with van der Waals surface area (Å²) in [4.78, 5) is 44.0. The molecule has 2 aromatic carbocycles. The maximum absolute atomic E-state index is 13.2. The van der Waals surface area contributed by atoms with Crippen molar-refractivity contribution < 1.29 is 19.1 Å². The zero-order chi connectivity index (χ0) is 25.1. The first-order valence-electron chi connectivity index (χ1n) is 10.7. The minimum absolute atomic E-state index is 0.239. The Labute approximate surface area is 205 Å². The number of carbonyl (C=O) groups excluding carboxylic acids is 2. The third-order valence-electron chi connectivity index (χ3n) is 5.42. The van der Waals surface area contributed by atoms with E-state index in [9.17, 15) is 14.4 Å². The first-order chi connectivity index (χ1) is 16.8. The average molecular weight is 493 g/mol. The van der Waals surface area contributed by atoms with E-state index in [-0.39, 0.29) is 12.5 Å². The van der Waals surface area contributed by atoms with E-state index in [1.54, 1.807) is 43.3 Å². The van der Waals surface area contributed by atoms with Gasteiger partial charge in [0.05, 0.1) is 42.2 Å². The van der Waals surface area contributed by atoms with E-state index in [0.717, 1.165) is 16.9 Å². The van der Waals surface area contributed by atoms with Crippen LogP contribution in [0.3, 0.4) is 0 Å². The number of thiophene rings is 1. The van der Waals surface area contributed by atoms with Crippen molar-refractivity contribution in [3.63, 3.8) is 0 Å². The molecule has 0 radical (unpaired) electrons. The van der Waals surface area contributed by atoms with Crippen LogP contribution in [-0.2, 0) is 11.3 Å². The summed E-state index contributed by atoms with van der Waals surface area (Å²) in [5, 5.41) is 5.91. The number of methoxy groups -OCH3 is 2. The Morgan fingerprint density at radius 2 is 1.71 bits per heavy atom. The maximum atomic E-state index is 13.2. The number of amides is 2. The van der Waals surface area contributed by atoms with Crippen LogP contribution in [-0.4, -0.2) is 35.6 Å². The lowest BCUT2D eigenvalue weighted by molar-refractivity contribution is -0.116. The van der Waals surface area contributed by atoms with Crippen LogP contribution in [0.2, 0.25) is 0 Å². The molecule has 4 rings (SSSR count). The Morgan fingerprint density at radius 3 is 2.46 bits per heavy atom. The van der Waals surface area contributed by atoms with Crippen molar-refractivity contribution in [3.05, 3.63) is 75.1 Å². The molecule has 10 heteroatoms. The number of nitrogens with zero attached hydrogens (tertiary/aromatic N) is 2. The van der Waals surface area contributed by atoms with E-state index in [1.807, 2.05) is 13.0 Å². The number of aryl methyl sites for hydroxylation is 2. The van der Waals surface area contributed by atoms with Crippen molar-refractivity contribution >= 4 is 44.7 Å². The van der Waals surface area contributed by atoms with Crippen LogP contribution >= 0.6 is 11.3 Å². The summed E-state index contributed by atoms with van der Waals surface area (Å²) in [5.74, 6) is 0.269. The number of carbonyl (C=O) groups is 2. The molecule has 0 bridgehead atoms. The van der Waals surface area contributed by atoms with Gasteiger partial charge in [-0.05, 0) is 49.2 Å². The highest BCUT2D eigenvalue weighted by molar-refractivity contribution is 7.20. The Hall–Kier alpha value is -4.18. The second-order valence-electron chi connectivity index (χ2n) is 7.82. The molecule has 0 atom stereocenters. The molecule has 0 aliphatic carbocycles. The number of anilines is 2. The molecule has 0 saturated heterocycles. The van der Waals surface area contributed by atoms with Crippen molar-refractivity contribution in [1.82, 2.24) is 9.55 Å². The Balaban J connectivity index is 1.59. The van der Waals surface area contributed by atoms with Gasteiger partial charge in [-0.3, -0.25) is 19.0 Å². The molecule has 35 heavy (non-hydrogen) atoms. The van der Waals surface area contributed by atoms with Gasteiger partial charge in [0, 0.05) is 0 Å². The smallest absolute Gasteiger partial charge is 0.266 e. The molecule has 180 valence electrons. The molecule has 2 N–H and O–H groups in total. The van der Waals surface area contributed by atoms with Gasteiger partial charge in [0.1, 0.15) is 22.9 Å². The molecule has 2 amide bonds. The van der Waals surface area contributed by atoms with Crippen LogP contribution in [0.4, 0.5) is 11.4 Å².